The molecule has 0 spiro atoms. The van der Waals surface area contributed by atoms with E-state index in [0.29, 0.717) is 13.1 Å². The molecule has 0 aliphatic carbocycles. The highest BCUT2D eigenvalue weighted by atomic mass is 16.2. The van der Waals surface area contributed by atoms with Gasteiger partial charge in [0.25, 0.3) is 5.91 Å². The summed E-state index contributed by atoms with van der Waals surface area (Å²) >= 11 is 0. The van der Waals surface area contributed by atoms with Crippen LogP contribution >= 0.6 is 0 Å². The van der Waals surface area contributed by atoms with Crippen molar-refractivity contribution in [1.82, 2.24) is 29.8 Å². The minimum absolute atomic E-state index is 0.165. The minimum Gasteiger partial charge on any atom is -0.348 e. The molecule has 0 aromatic carbocycles. The van der Waals surface area contributed by atoms with Gasteiger partial charge in [-0.05, 0) is 18.2 Å². The van der Waals surface area contributed by atoms with Crippen molar-refractivity contribution >= 4 is 5.91 Å². The molecule has 3 heterocycles. The van der Waals surface area contributed by atoms with E-state index in [9.17, 15) is 4.79 Å². The molecule has 0 fully saturated rings. The zero-order chi connectivity index (χ0) is 15.2. The maximum atomic E-state index is 11.9. The van der Waals surface area contributed by atoms with Crippen LogP contribution in [0.4, 0.5) is 0 Å². The van der Waals surface area contributed by atoms with Crippen molar-refractivity contribution in [2.45, 2.75) is 6.54 Å². The van der Waals surface area contributed by atoms with E-state index in [4.69, 9.17) is 0 Å². The molecule has 0 saturated carbocycles. The average Bonchev–Trinajstić information content (AvgIpc) is 3.05. The lowest BCUT2D eigenvalue weighted by atomic mass is 10.3. The van der Waals surface area contributed by atoms with Gasteiger partial charge in [0.05, 0.1) is 0 Å². The fourth-order valence-corrected chi connectivity index (χ4v) is 2.00. The molecular formula is C15H14N6O. The predicted molar refractivity (Wildman–Crippen MR) is 79.8 cm³/mol. The second kappa shape index (κ2) is 6.57. The molecule has 7 nitrogen and oxygen atoms in total. The number of aromatic nitrogens is 5. The van der Waals surface area contributed by atoms with E-state index in [1.807, 2.05) is 29.0 Å². The summed E-state index contributed by atoms with van der Waals surface area (Å²) in [6.07, 6.45) is 8.37. The van der Waals surface area contributed by atoms with E-state index in [1.165, 1.54) is 12.4 Å². The van der Waals surface area contributed by atoms with Crippen LogP contribution in [0.25, 0.3) is 11.5 Å². The summed E-state index contributed by atoms with van der Waals surface area (Å²) in [5.41, 5.74) is 0.796. The molecule has 0 aliphatic heterocycles. The smallest absolute Gasteiger partial charge is 0.289 e. The van der Waals surface area contributed by atoms with Gasteiger partial charge in [0, 0.05) is 44.1 Å². The Balaban J connectivity index is 1.61. The van der Waals surface area contributed by atoms with Crippen LogP contribution in [0.3, 0.4) is 0 Å². The van der Waals surface area contributed by atoms with Crippen LogP contribution in [0.15, 0.2) is 55.2 Å². The van der Waals surface area contributed by atoms with Crippen LogP contribution < -0.4 is 5.32 Å². The number of nitrogens with zero attached hydrogens (tertiary/aromatic N) is 5. The minimum atomic E-state index is -0.292. The number of pyridine rings is 1. The van der Waals surface area contributed by atoms with E-state index in [2.05, 4.69) is 25.3 Å². The number of carbonyl (C=O) groups is 1. The van der Waals surface area contributed by atoms with Crippen molar-refractivity contribution in [1.29, 1.82) is 0 Å². The SMILES string of the molecule is O=C(NCCn1ccnc1-c1ccccn1)c1ncccn1. The molecule has 3 rings (SSSR count). The molecule has 1 amide bonds. The third-order valence-corrected chi connectivity index (χ3v) is 3.02. The summed E-state index contributed by atoms with van der Waals surface area (Å²) in [5, 5.41) is 2.78. The van der Waals surface area contributed by atoms with E-state index in [-0.39, 0.29) is 11.7 Å². The van der Waals surface area contributed by atoms with Gasteiger partial charge in [-0.15, -0.1) is 0 Å². The second-order valence-electron chi connectivity index (χ2n) is 4.49. The fraction of sp³-hybridized carbons (Fsp3) is 0.133. The summed E-state index contributed by atoms with van der Waals surface area (Å²) in [6.45, 7) is 1.04. The van der Waals surface area contributed by atoms with Crippen molar-refractivity contribution < 1.29 is 4.79 Å². The fourth-order valence-electron chi connectivity index (χ4n) is 2.00. The summed E-state index contributed by atoms with van der Waals surface area (Å²) in [7, 11) is 0. The molecule has 0 radical (unpaired) electrons. The van der Waals surface area contributed by atoms with Crippen LogP contribution in [0.5, 0.6) is 0 Å². The number of hydrogen-bond acceptors (Lipinski definition) is 5. The normalized spacial score (nSPS) is 10.4. The lowest BCUT2D eigenvalue weighted by Gasteiger charge is -2.08. The van der Waals surface area contributed by atoms with Crippen LogP contribution in [0, 0.1) is 0 Å². The molecule has 7 heteroatoms. The van der Waals surface area contributed by atoms with E-state index >= 15 is 0 Å². The van der Waals surface area contributed by atoms with E-state index < -0.39 is 0 Å². The maximum absolute atomic E-state index is 11.9. The highest BCUT2D eigenvalue weighted by Crippen LogP contribution is 2.13. The first-order chi connectivity index (χ1) is 10.8. The molecule has 0 saturated heterocycles. The molecule has 0 aliphatic rings. The topological polar surface area (TPSA) is 85.6 Å². The van der Waals surface area contributed by atoms with E-state index in [1.54, 1.807) is 18.5 Å². The highest BCUT2D eigenvalue weighted by Gasteiger charge is 2.09. The zero-order valence-corrected chi connectivity index (χ0v) is 11.8. The Kier molecular flexibility index (Phi) is 4.15. The first-order valence-corrected chi connectivity index (χ1v) is 6.82. The number of nitrogens with one attached hydrogen (secondary N) is 1. The summed E-state index contributed by atoms with van der Waals surface area (Å²) < 4.78 is 1.94. The lowest BCUT2D eigenvalue weighted by molar-refractivity contribution is 0.0942. The monoisotopic (exact) mass is 294 g/mol. The number of hydrogen-bond donors (Lipinski definition) is 1. The Hall–Kier alpha value is -3.09. The standard InChI is InChI=1S/C15H14N6O/c22-15(13-17-6-3-7-18-13)20-9-11-21-10-8-19-14(21)12-4-1-2-5-16-12/h1-8,10H,9,11H2,(H,20,22). The molecule has 0 bridgehead atoms. The highest BCUT2D eigenvalue weighted by molar-refractivity contribution is 5.90. The summed E-state index contributed by atoms with van der Waals surface area (Å²) in [6, 6.07) is 7.34. The zero-order valence-electron chi connectivity index (χ0n) is 11.8. The maximum Gasteiger partial charge on any atom is 0.289 e. The van der Waals surface area contributed by atoms with Crippen LogP contribution in [0.1, 0.15) is 10.6 Å². The Bertz CT molecular complexity index is 741. The number of imidazole rings is 1. The molecule has 0 atom stereocenters. The van der Waals surface area contributed by atoms with Gasteiger partial charge < -0.3 is 9.88 Å². The molecule has 110 valence electrons. The average molecular weight is 294 g/mol. The van der Waals surface area contributed by atoms with Gasteiger partial charge in [0.15, 0.2) is 5.82 Å². The van der Waals surface area contributed by atoms with Gasteiger partial charge in [-0.3, -0.25) is 9.78 Å². The second-order valence-corrected chi connectivity index (χ2v) is 4.49. The van der Waals surface area contributed by atoms with Crippen LogP contribution in [-0.2, 0) is 6.54 Å². The van der Waals surface area contributed by atoms with Crippen molar-refractivity contribution in [2.24, 2.45) is 0 Å². The van der Waals surface area contributed by atoms with Gasteiger partial charge in [-0.1, -0.05) is 6.07 Å². The summed E-state index contributed by atoms with van der Waals surface area (Å²) in [4.78, 5) is 28.3. The van der Waals surface area contributed by atoms with Crippen molar-refractivity contribution in [3.05, 3.63) is 61.1 Å². The molecule has 3 aromatic heterocycles. The van der Waals surface area contributed by atoms with Crippen molar-refractivity contribution in [3.63, 3.8) is 0 Å². The van der Waals surface area contributed by atoms with Gasteiger partial charge in [0.1, 0.15) is 5.69 Å². The Morgan fingerprint density at radius 3 is 2.59 bits per heavy atom. The van der Waals surface area contributed by atoms with Crippen LogP contribution in [-0.4, -0.2) is 37.0 Å². The third-order valence-electron chi connectivity index (χ3n) is 3.02. The van der Waals surface area contributed by atoms with Gasteiger partial charge >= 0.3 is 0 Å². The predicted octanol–water partition coefficient (Wildman–Crippen LogP) is 1.17. The molecule has 22 heavy (non-hydrogen) atoms. The third kappa shape index (κ3) is 3.14. The molecule has 1 N–H and O–H groups in total. The molecule has 0 unspecified atom stereocenters. The number of rotatable bonds is 5. The quantitative estimate of drug-likeness (QED) is 0.763. The first kappa shape index (κ1) is 13.9. The largest absolute Gasteiger partial charge is 0.348 e. The Labute approximate surface area is 127 Å². The molecule has 3 aromatic rings. The lowest BCUT2D eigenvalue weighted by Crippen LogP contribution is -2.28. The number of amides is 1. The summed E-state index contributed by atoms with van der Waals surface area (Å²) in [5.74, 6) is 0.643. The van der Waals surface area contributed by atoms with Gasteiger partial charge in [-0.25, -0.2) is 15.0 Å². The first-order valence-electron chi connectivity index (χ1n) is 6.82. The molecular weight excluding hydrogens is 280 g/mol. The number of carbonyl (C=O) groups excluding carboxylic acids is 1. The van der Waals surface area contributed by atoms with Gasteiger partial charge in [-0.2, -0.15) is 0 Å². The van der Waals surface area contributed by atoms with Crippen molar-refractivity contribution in [3.8, 4) is 11.5 Å². The van der Waals surface area contributed by atoms with Crippen molar-refractivity contribution in [2.75, 3.05) is 6.54 Å². The van der Waals surface area contributed by atoms with Crippen LogP contribution in [0.2, 0.25) is 0 Å². The Morgan fingerprint density at radius 2 is 1.82 bits per heavy atom. The Morgan fingerprint density at radius 1 is 1.00 bits per heavy atom. The van der Waals surface area contributed by atoms with Gasteiger partial charge in [0.2, 0.25) is 5.82 Å². The van der Waals surface area contributed by atoms with E-state index in [0.717, 1.165) is 11.5 Å².